The van der Waals surface area contributed by atoms with Crippen LogP contribution in [-0.2, 0) is 14.8 Å². The molecule has 0 spiro atoms. The number of hydrogen-bond acceptors (Lipinski definition) is 3. The van der Waals surface area contributed by atoms with E-state index in [1.54, 1.807) is 12.1 Å². The Kier molecular flexibility index (Phi) is 5.70. The molecule has 0 heterocycles. The summed E-state index contributed by atoms with van der Waals surface area (Å²) < 4.78 is 27.6. The number of sulfonamides is 1. The Morgan fingerprint density at radius 2 is 1.62 bits per heavy atom. The lowest BCUT2D eigenvalue weighted by Crippen LogP contribution is -2.27. The van der Waals surface area contributed by atoms with Crippen molar-refractivity contribution in [2.45, 2.75) is 11.3 Å². The van der Waals surface area contributed by atoms with Gasteiger partial charge in [0.1, 0.15) is 0 Å². The third-order valence-corrected chi connectivity index (χ3v) is 5.84. The minimum atomic E-state index is -3.63. The number of rotatable bonds is 6. The number of anilines is 1. The number of fused-ring (bicyclic) bond motifs is 1. The molecule has 0 radical (unpaired) electrons. The van der Waals surface area contributed by atoms with Gasteiger partial charge >= 0.3 is 0 Å². The van der Waals surface area contributed by atoms with E-state index < -0.39 is 10.0 Å². The highest BCUT2D eigenvalue weighted by Crippen LogP contribution is 2.23. The summed E-state index contributed by atoms with van der Waals surface area (Å²) >= 11 is 3.26. The van der Waals surface area contributed by atoms with Crippen LogP contribution >= 0.6 is 15.9 Å². The molecule has 5 nitrogen and oxygen atoms in total. The fraction of sp³-hybridized carbons (Fsp3) is 0.105. The van der Waals surface area contributed by atoms with E-state index in [0.717, 1.165) is 15.2 Å². The molecule has 134 valence electrons. The molecular weight excluding hydrogens is 416 g/mol. The van der Waals surface area contributed by atoms with E-state index in [0.29, 0.717) is 5.69 Å². The van der Waals surface area contributed by atoms with E-state index in [1.165, 1.54) is 12.1 Å². The Hall–Kier alpha value is -2.22. The first-order chi connectivity index (χ1) is 12.5. The number of amides is 1. The van der Waals surface area contributed by atoms with Crippen LogP contribution in [0.3, 0.4) is 0 Å². The van der Waals surface area contributed by atoms with Crippen LogP contribution in [-0.4, -0.2) is 20.9 Å². The van der Waals surface area contributed by atoms with Gasteiger partial charge in [0.25, 0.3) is 0 Å². The minimum absolute atomic E-state index is 0.0228. The summed E-state index contributed by atoms with van der Waals surface area (Å²) in [6.07, 6.45) is 0.0407. The molecule has 3 aromatic carbocycles. The van der Waals surface area contributed by atoms with Crippen LogP contribution < -0.4 is 10.0 Å². The number of hydrogen-bond donors (Lipinski definition) is 2. The largest absolute Gasteiger partial charge is 0.325 e. The van der Waals surface area contributed by atoms with Crippen molar-refractivity contribution in [1.82, 2.24) is 4.72 Å². The van der Waals surface area contributed by atoms with Gasteiger partial charge in [0.15, 0.2) is 0 Å². The number of carbonyl (C=O) groups is 1. The summed E-state index contributed by atoms with van der Waals surface area (Å²) in [5.41, 5.74) is 0.712. The number of benzene rings is 3. The van der Waals surface area contributed by atoms with Crippen molar-refractivity contribution in [2.75, 3.05) is 11.9 Å². The van der Waals surface area contributed by atoms with Crippen LogP contribution in [0.2, 0.25) is 0 Å². The monoisotopic (exact) mass is 432 g/mol. The van der Waals surface area contributed by atoms with Crippen LogP contribution in [0, 0.1) is 0 Å². The highest BCUT2D eigenvalue weighted by molar-refractivity contribution is 9.10. The quantitative estimate of drug-likeness (QED) is 0.619. The number of carbonyl (C=O) groups excluding carboxylic acids is 1. The summed E-state index contributed by atoms with van der Waals surface area (Å²) in [5.74, 6) is -0.250. The maximum atomic E-state index is 12.2. The lowest BCUT2D eigenvalue weighted by molar-refractivity contribution is -0.116. The smallest absolute Gasteiger partial charge is 0.240 e. The molecule has 0 saturated heterocycles. The maximum absolute atomic E-state index is 12.2. The molecule has 0 aromatic heterocycles. The molecule has 0 unspecified atom stereocenters. The molecule has 0 atom stereocenters. The third kappa shape index (κ3) is 4.49. The van der Waals surface area contributed by atoms with Crippen LogP contribution in [0.5, 0.6) is 0 Å². The van der Waals surface area contributed by atoms with Gasteiger partial charge in [-0.05, 0) is 35.7 Å². The Morgan fingerprint density at radius 1 is 0.923 bits per heavy atom. The first kappa shape index (κ1) is 18.6. The van der Waals surface area contributed by atoms with Crippen molar-refractivity contribution in [2.24, 2.45) is 0 Å². The van der Waals surface area contributed by atoms with Crippen molar-refractivity contribution in [1.29, 1.82) is 0 Å². The molecule has 0 aliphatic carbocycles. The van der Waals surface area contributed by atoms with Gasteiger partial charge in [-0.25, -0.2) is 13.1 Å². The van der Waals surface area contributed by atoms with Crippen molar-refractivity contribution >= 4 is 48.3 Å². The second-order valence-electron chi connectivity index (χ2n) is 5.68. The van der Waals surface area contributed by atoms with Crippen molar-refractivity contribution in [3.8, 4) is 0 Å². The second-order valence-corrected chi connectivity index (χ2v) is 8.36. The summed E-state index contributed by atoms with van der Waals surface area (Å²) in [4.78, 5) is 12.3. The van der Waals surface area contributed by atoms with E-state index in [-0.39, 0.29) is 23.8 Å². The highest BCUT2D eigenvalue weighted by atomic mass is 79.9. The summed E-state index contributed by atoms with van der Waals surface area (Å²) in [6.45, 7) is 0.0228. The lowest BCUT2D eigenvalue weighted by Gasteiger charge is -2.10. The lowest BCUT2D eigenvalue weighted by atomic mass is 10.1. The van der Waals surface area contributed by atoms with Crippen LogP contribution in [0.15, 0.2) is 76.1 Å². The fourth-order valence-electron chi connectivity index (χ4n) is 2.54. The van der Waals surface area contributed by atoms with Crippen LogP contribution in [0.4, 0.5) is 5.69 Å². The maximum Gasteiger partial charge on any atom is 0.240 e. The molecule has 26 heavy (non-hydrogen) atoms. The Morgan fingerprint density at radius 3 is 2.38 bits per heavy atom. The van der Waals surface area contributed by atoms with Gasteiger partial charge in [0.2, 0.25) is 15.9 Å². The van der Waals surface area contributed by atoms with Crippen LogP contribution in [0.25, 0.3) is 10.8 Å². The Labute approximate surface area is 160 Å². The normalized spacial score (nSPS) is 11.4. The molecule has 2 N–H and O–H groups in total. The van der Waals surface area contributed by atoms with Gasteiger partial charge in [-0.15, -0.1) is 0 Å². The molecule has 0 bridgehead atoms. The van der Waals surface area contributed by atoms with E-state index in [4.69, 9.17) is 0 Å². The van der Waals surface area contributed by atoms with E-state index >= 15 is 0 Å². The molecule has 7 heteroatoms. The summed E-state index contributed by atoms with van der Waals surface area (Å²) in [5, 5.41) is 4.81. The standard InChI is InChI=1S/C19H17BrN2O3S/c20-15-8-10-16(11-9-15)26(24,25)21-13-12-19(23)22-18-7-3-5-14-4-1-2-6-17(14)18/h1-11,21H,12-13H2,(H,22,23). The summed E-state index contributed by atoms with van der Waals surface area (Å²) in [7, 11) is -3.63. The van der Waals surface area contributed by atoms with Gasteiger partial charge in [-0.1, -0.05) is 52.3 Å². The van der Waals surface area contributed by atoms with Gasteiger partial charge in [0.05, 0.1) is 4.90 Å². The zero-order chi connectivity index (χ0) is 18.6. The summed E-state index contributed by atoms with van der Waals surface area (Å²) in [6, 6.07) is 19.7. The minimum Gasteiger partial charge on any atom is -0.325 e. The molecule has 0 fully saturated rings. The molecule has 3 aromatic rings. The molecule has 0 aliphatic rings. The zero-order valence-corrected chi connectivity index (χ0v) is 16.2. The average molecular weight is 433 g/mol. The second kappa shape index (κ2) is 7.99. The molecule has 1 amide bonds. The molecule has 3 rings (SSSR count). The van der Waals surface area contributed by atoms with Gasteiger partial charge in [0, 0.05) is 28.5 Å². The fourth-order valence-corrected chi connectivity index (χ4v) is 3.84. The Bertz CT molecular complexity index is 1030. The predicted octanol–water partition coefficient (Wildman–Crippen LogP) is 3.91. The molecule has 0 aliphatic heterocycles. The van der Waals surface area contributed by atoms with E-state index in [1.807, 2.05) is 42.5 Å². The third-order valence-electron chi connectivity index (χ3n) is 3.83. The first-order valence-electron chi connectivity index (χ1n) is 7.98. The van der Waals surface area contributed by atoms with Gasteiger partial charge in [-0.3, -0.25) is 4.79 Å². The van der Waals surface area contributed by atoms with Crippen LogP contribution in [0.1, 0.15) is 6.42 Å². The van der Waals surface area contributed by atoms with E-state index in [2.05, 4.69) is 26.0 Å². The average Bonchev–Trinajstić information content (AvgIpc) is 2.62. The zero-order valence-electron chi connectivity index (χ0n) is 13.8. The predicted molar refractivity (Wildman–Crippen MR) is 107 cm³/mol. The van der Waals surface area contributed by atoms with Crippen molar-refractivity contribution in [3.63, 3.8) is 0 Å². The highest BCUT2D eigenvalue weighted by Gasteiger charge is 2.14. The Balaban J connectivity index is 1.60. The van der Waals surface area contributed by atoms with E-state index in [9.17, 15) is 13.2 Å². The van der Waals surface area contributed by atoms with Gasteiger partial charge < -0.3 is 5.32 Å². The SMILES string of the molecule is O=C(CCNS(=O)(=O)c1ccc(Br)cc1)Nc1cccc2ccccc12. The van der Waals surface area contributed by atoms with Crippen molar-refractivity contribution < 1.29 is 13.2 Å². The van der Waals surface area contributed by atoms with Crippen molar-refractivity contribution in [3.05, 3.63) is 71.2 Å². The van der Waals surface area contributed by atoms with Gasteiger partial charge in [-0.2, -0.15) is 0 Å². The number of halogens is 1. The topological polar surface area (TPSA) is 75.3 Å². The molecule has 0 saturated carbocycles. The first-order valence-corrected chi connectivity index (χ1v) is 10.3. The molecular formula is C19H17BrN2O3S. The number of nitrogens with one attached hydrogen (secondary N) is 2.